The van der Waals surface area contributed by atoms with Gasteiger partial charge in [-0.05, 0) is 36.8 Å². The summed E-state index contributed by atoms with van der Waals surface area (Å²) in [7, 11) is 3.09. The number of amides is 1. The molecule has 3 aromatic rings. The normalized spacial score (nSPS) is 10.4. The van der Waals surface area contributed by atoms with E-state index in [-0.39, 0.29) is 17.4 Å². The fourth-order valence-electron chi connectivity index (χ4n) is 2.89. The predicted molar refractivity (Wildman–Crippen MR) is 114 cm³/mol. The van der Waals surface area contributed by atoms with E-state index in [1.807, 2.05) is 61.5 Å². The first-order valence-corrected chi connectivity index (χ1v) is 9.83. The summed E-state index contributed by atoms with van der Waals surface area (Å²) in [5.41, 5.74) is 1.72. The maximum absolute atomic E-state index is 12.5. The van der Waals surface area contributed by atoms with E-state index < -0.39 is 12.6 Å². The fourth-order valence-corrected chi connectivity index (χ4v) is 2.89. The third-order valence-electron chi connectivity index (χ3n) is 4.52. The number of carbonyl (C=O) groups is 2. The van der Waals surface area contributed by atoms with Crippen molar-refractivity contribution in [2.45, 2.75) is 13.5 Å². The van der Waals surface area contributed by atoms with E-state index in [4.69, 9.17) is 14.2 Å². The van der Waals surface area contributed by atoms with Gasteiger partial charge in [0, 0.05) is 13.6 Å². The van der Waals surface area contributed by atoms with Crippen LogP contribution in [-0.2, 0) is 16.1 Å². The number of hydrogen-bond donors (Lipinski definition) is 0. The van der Waals surface area contributed by atoms with Crippen molar-refractivity contribution in [3.05, 3.63) is 72.1 Å². The van der Waals surface area contributed by atoms with Crippen LogP contribution < -0.4 is 9.47 Å². The van der Waals surface area contributed by atoms with E-state index in [1.165, 1.54) is 16.7 Å². The highest BCUT2D eigenvalue weighted by atomic mass is 16.5. The van der Waals surface area contributed by atoms with E-state index in [0.717, 1.165) is 17.0 Å². The first-order chi connectivity index (χ1) is 15.0. The average Bonchev–Trinajstić information content (AvgIpc) is 3.24. The number of nitrogens with zero attached hydrogens (tertiary/aromatic N) is 3. The Morgan fingerprint density at radius 3 is 2.42 bits per heavy atom. The molecule has 0 atom stereocenters. The molecule has 0 saturated heterocycles. The Balaban J connectivity index is 1.58. The number of para-hydroxylation sites is 1. The molecule has 1 aromatic heterocycles. The number of likely N-dealkylation sites (N-methyl/N-ethyl adjacent to an activating group) is 1. The maximum Gasteiger partial charge on any atom is 0.363 e. The summed E-state index contributed by atoms with van der Waals surface area (Å²) in [5.74, 6) is -0.0138. The Hall–Kier alpha value is -3.81. The van der Waals surface area contributed by atoms with E-state index in [9.17, 15) is 9.59 Å². The van der Waals surface area contributed by atoms with Gasteiger partial charge < -0.3 is 19.1 Å². The molecule has 0 bridgehead atoms. The van der Waals surface area contributed by atoms with E-state index >= 15 is 0 Å². The van der Waals surface area contributed by atoms with Crippen molar-refractivity contribution in [1.82, 2.24) is 14.7 Å². The smallest absolute Gasteiger partial charge is 0.363 e. The number of rotatable bonds is 9. The topological polar surface area (TPSA) is 82.9 Å². The maximum atomic E-state index is 12.5. The summed E-state index contributed by atoms with van der Waals surface area (Å²) in [4.78, 5) is 26.4. The van der Waals surface area contributed by atoms with Gasteiger partial charge in [0.05, 0.1) is 25.6 Å². The standard InChI is InChI=1S/C23H25N3O5/c1-4-30-19-12-10-17(11-13-19)14-25(2)21(27)16-31-23(28)22-20(29-3)15-26(24-22)18-8-6-5-7-9-18/h5-13,15H,4,14,16H2,1-3H3. The largest absolute Gasteiger partial charge is 0.494 e. The van der Waals surface area contributed by atoms with E-state index in [0.29, 0.717) is 13.2 Å². The Kier molecular flexibility index (Phi) is 7.26. The van der Waals surface area contributed by atoms with Gasteiger partial charge in [-0.2, -0.15) is 5.10 Å². The van der Waals surface area contributed by atoms with E-state index in [1.54, 1.807) is 13.2 Å². The van der Waals surface area contributed by atoms with Crippen LogP contribution in [0.5, 0.6) is 11.5 Å². The molecule has 0 aliphatic heterocycles. The van der Waals surface area contributed by atoms with Crippen molar-refractivity contribution in [2.75, 3.05) is 27.4 Å². The fraction of sp³-hybridized carbons (Fsp3) is 0.261. The van der Waals surface area contributed by atoms with Crippen LogP contribution in [0.25, 0.3) is 5.69 Å². The van der Waals surface area contributed by atoms with Crippen LogP contribution >= 0.6 is 0 Å². The van der Waals surface area contributed by atoms with Crippen LogP contribution in [0, 0.1) is 0 Å². The van der Waals surface area contributed by atoms with Crippen LogP contribution in [0.3, 0.4) is 0 Å². The van der Waals surface area contributed by atoms with Crippen molar-refractivity contribution in [2.24, 2.45) is 0 Å². The lowest BCUT2D eigenvalue weighted by molar-refractivity contribution is -0.133. The van der Waals surface area contributed by atoms with Gasteiger partial charge in [0.2, 0.25) is 5.69 Å². The van der Waals surface area contributed by atoms with Gasteiger partial charge in [0.15, 0.2) is 12.4 Å². The number of aromatic nitrogens is 2. The van der Waals surface area contributed by atoms with Crippen LogP contribution in [0.4, 0.5) is 0 Å². The molecule has 1 heterocycles. The summed E-state index contributed by atoms with van der Waals surface area (Å²) in [6, 6.07) is 16.8. The van der Waals surface area contributed by atoms with Gasteiger partial charge in [-0.15, -0.1) is 0 Å². The summed E-state index contributed by atoms with van der Waals surface area (Å²) in [6.07, 6.45) is 1.59. The highest BCUT2D eigenvalue weighted by molar-refractivity contribution is 5.92. The third-order valence-corrected chi connectivity index (χ3v) is 4.52. The molecule has 0 saturated carbocycles. The van der Waals surface area contributed by atoms with Crippen molar-refractivity contribution in [3.8, 4) is 17.2 Å². The Morgan fingerprint density at radius 1 is 1.06 bits per heavy atom. The lowest BCUT2D eigenvalue weighted by Gasteiger charge is -2.17. The van der Waals surface area contributed by atoms with Gasteiger partial charge in [-0.25, -0.2) is 9.48 Å². The van der Waals surface area contributed by atoms with Gasteiger partial charge >= 0.3 is 5.97 Å². The SMILES string of the molecule is CCOc1ccc(CN(C)C(=O)COC(=O)c2nn(-c3ccccc3)cc2OC)cc1. The molecule has 3 rings (SSSR count). The minimum Gasteiger partial charge on any atom is -0.494 e. The second-order valence-electron chi connectivity index (χ2n) is 6.73. The summed E-state index contributed by atoms with van der Waals surface area (Å²) in [6.45, 7) is 2.50. The zero-order valence-corrected chi connectivity index (χ0v) is 17.8. The lowest BCUT2D eigenvalue weighted by atomic mass is 10.2. The predicted octanol–water partition coefficient (Wildman–Crippen LogP) is 3.10. The third kappa shape index (κ3) is 5.63. The monoisotopic (exact) mass is 423 g/mol. The highest BCUT2D eigenvalue weighted by Gasteiger charge is 2.21. The Labute approximate surface area is 180 Å². The van der Waals surface area contributed by atoms with Crippen LogP contribution in [0.2, 0.25) is 0 Å². The molecule has 0 N–H and O–H groups in total. The molecular formula is C23H25N3O5. The van der Waals surface area contributed by atoms with Crippen molar-refractivity contribution in [1.29, 1.82) is 0 Å². The summed E-state index contributed by atoms with van der Waals surface area (Å²) in [5, 5.41) is 4.25. The van der Waals surface area contributed by atoms with Gasteiger partial charge in [0.25, 0.3) is 5.91 Å². The molecule has 0 aliphatic rings. The Morgan fingerprint density at radius 2 is 1.77 bits per heavy atom. The number of methoxy groups -OCH3 is 1. The van der Waals surface area contributed by atoms with Gasteiger partial charge in [0.1, 0.15) is 5.75 Å². The number of hydrogen-bond acceptors (Lipinski definition) is 6. The zero-order valence-electron chi connectivity index (χ0n) is 17.8. The first-order valence-electron chi connectivity index (χ1n) is 9.83. The number of ether oxygens (including phenoxy) is 3. The molecule has 0 aliphatic carbocycles. The van der Waals surface area contributed by atoms with Crippen molar-refractivity contribution < 1.29 is 23.8 Å². The van der Waals surface area contributed by atoms with Gasteiger partial charge in [-0.1, -0.05) is 30.3 Å². The number of carbonyl (C=O) groups excluding carboxylic acids is 2. The quantitative estimate of drug-likeness (QED) is 0.492. The minimum atomic E-state index is -0.727. The first kappa shape index (κ1) is 21.9. The summed E-state index contributed by atoms with van der Waals surface area (Å²) >= 11 is 0. The molecule has 0 fully saturated rings. The van der Waals surface area contributed by atoms with Crippen molar-refractivity contribution in [3.63, 3.8) is 0 Å². The lowest BCUT2D eigenvalue weighted by Crippen LogP contribution is -2.31. The zero-order chi connectivity index (χ0) is 22.2. The number of benzene rings is 2. The molecule has 0 unspecified atom stereocenters. The molecule has 162 valence electrons. The Bertz CT molecular complexity index is 1020. The number of esters is 1. The molecule has 0 spiro atoms. The van der Waals surface area contributed by atoms with Crippen LogP contribution in [-0.4, -0.2) is 53.9 Å². The molecule has 1 amide bonds. The van der Waals surface area contributed by atoms with Crippen LogP contribution in [0.1, 0.15) is 23.0 Å². The van der Waals surface area contributed by atoms with Crippen LogP contribution in [0.15, 0.2) is 60.8 Å². The molecule has 2 aromatic carbocycles. The average molecular weight is 423 g/mol. The minimum absolute atomic E-state index is 0.00770. The second kappa shape index (κ2) is 10.3. The summed E-state index contributed by atoms with van der Waals surface area (Å²) < 4.78 is 17.4. The second-order valence-corrected chi connectivity index (χ2v) is 6.73. The molecule has 0 radical (unpaired) electrons. The molecule has 31 heavy (non-hydrogen) atoms. The van der Waals surface area contributed by atoms with Crippen molar-refractivity contribution >= 4 is 11.9 Å². The molecule has 8 nitrogen and oxygen atoms in total. The molecule has 8 heteroatoms. The highest BCUT2D eigenvalue weighted by Crippen LogP contribution is 2.20. The van der Waals surface area contributed by atoms with Gasteiger partial charge in [-0.3, -0.25) is 4.79 Å². The molecular weight excluding hydrogens is 398 g/mol. The van der Waals surface area contributed by atoms with E-state index in [2.05, 4.69) is 5.10 Å².